The normalized spacial score (nSPS) is 10.4. The molecule has 0 unspecified atom stereocenters. The van der Waals surface area contributed by atoms with Crippen LogP contribution in [0, 0.1) is 0 Å². The first-order valence-corrected chi connectivity index (χ1v) is 6.26. The highest BCUT2D eigenvalue weighted by Crippen LogP contribution is 2.31. The average Bonchev–Trinajstić information content (AvgIpc) is 2.40. The molecule has 0 atom stereocenters. The smallest absolute Gasteiger partial charge is 0.122 e. The minimum absolute atomic E-state index is 0.600. The summed E-state index contributed by atoms with van der Waals surface area (Å²) >= 11 is 6.21. The van der Waals surface area contributed by atoms with E-state index in [-0.39, 0.29) is 0 Å². The number of benzene rings is 2. The Hall–Kier alpha value is -1.51. The minimum atomic E-state index is 0.600. The zero-order valence-corrected chi connectivity index (χ0v) is 11.1. The molecule has 18 heavy (non-hydrogen) atoms. The molecule has 3 heteroatoms. The molecule has 0 fully saturated rings. The first-order valence-electron chi connectivity index (χ1n) is 5.88. The Kier molecular flexibility index (Phi) is 4.24. The van der Waals surface area contributed by atoms with E-state index in [1.807, 2.05) is 36.4 Å². The predicted octanol–water partition coefficient (Wildman–Crippen LogP) is 3.52. The van der Waals surface area contributed by atoms with E-state index in [0.717, 1.165) is 33.9 Å². The first-order chi connectivity index (χ1) is 8.76. The summed E-state index contributed by atoms with van der Waals surface area (Å²) in [6.45, 7) is 0.600. The van der Waals surface area contributed by atoms with Gasteiger partial charge in [-0.1, -0.05) is 35.9 Å². The fourth-order valence-corrected chi connectivity index (χ4v) is 2.24. The summed E-state index contributed by atoms with van der Waals surface area (Å²) in [4.78, 5) is 0. The summed E-state index contributed by atoms with van der Waals surface area (Å²) in [6, 6.07) is 13.9. The van der Waals surface area contributed by atoms with Crippen molar-refractivity contribution in [2.45, 2.75) is 6.42 Å². The van der Waals surface area contributed by atoms with E-state index in [2.05, 4.69) is 6.07 Å². The largest absolute Gasteiger partial charge is 0.496 e. The van der Waals surface area contributed by atoms with Crippen LogP contribution in [-0.4, -0.2) is 13.7 Å². The van der Waals surface area contributed by atoms with Crippen LogP contribution in [0.5, 0.6) is 5.75 Å². The molecular weight excluding hydrogens is 246 g/mol. The van der Waals surface area contributed by atoms with Gasteiger partial charge in [-0.25, -0.2) is 0 Å². The third-order valence-electron chi connectivity index (χ3n) is 2.88. The zero-order chi connectivity index (χ0) is 13.0. The van der Waals surface area contributed by atoms with Gasteiger partial charge in [0.25, 0.3) is 0 Å². The molecule has 0 amide bonds. The molecule has 2 rings (SSSR count). The number of halogens is 1. The number of nitrogens with two attached hydrogens (primary N) is 1. The lowest BCUT2D eigenvalue weighted by Crippen LogP contribution is -2.04. The van der Waals surface area contributed by atoms with Gasteiger partial charge < -0.3 is 10.5 Å². The minimum Gasteiger partial charge on any atom is -0.496 e. The molecule has 0 aliphatic rings. The fraction of sp³-hybridized carbons (Fsp3) is 0.200. The van der Waals surface area contributed by atoms with Crippen molar-refractivity contribution in [2.75, 3.05) is 13.7 Å². The Balaban J connectivity index is 2.47. The van der Waals surface area contributed by atoms with Crippen LogP contribution < -0.4 is 10.5 Å². The number of methoxy groups -OCH3 is 1. The Morgan fingerprint density at radius 2 is 1.94 bits per heavy atom. The van der Waals surface area contributed by atoms with E-state index in [1.54, 1.807) is 7.11 Å². The second kappa shape index (κ2) is 5.89. The van der Waals surface area contributed by atoms with Crippen molar-refractivity contribution in [3.8, 4) is 16.9 Å². The number of hydrogen-bond acceptors (Lipinski definition) is 2. The molecule has 2 nitrogen and oxygen atoms in total. The molecule has 2 aromatic rings. The molecule has 0 spiro atoms. The van der Waals surface area contributed by atoms with Gasteiger partial charge in [-0.2, -0.15) is 0 Å². The fourth-order valence-electron chi connectivity index (χ4n) is 1.99. The number of ether oxygens (including phenoxy) is 1. The topological polar surface area (TPSA) is 35.2 Å². The SMILES string of the molecule is COc1ccc(-c2ccccc2Cl)cc1CCN. The third kappa shape index (κ3) is 2.66. The van der Waals surface area contributed by atoms with Gasteiger partial charge in [0.1, 0.15) is 5.75 Å². The average molecular weight is 262 g/mol. The van der Waals surface area contributed by atoms with Gasteiger partial charge >= 0.3 is 0 Å². The zero-order valence-electron chi connectivity index (χ0n) is 10.3. The van der Waals surface area contributed by atoms with Gasteiger partial charge in [-0.15, -0.1) is 0 Å². The lowest BCUT2D eigenvalue weighted by atomic mass is 10.0. The van der Waals surface area contributed by atoms with E-state index in [4.69, 9.17) is 22.1 Å². The number of rotatable bonds is 4. The van der Waals surface area contributed by atoms with Gasteiger partial charge in [0.2, 0.25) is 0 Å². The lowest BCUT2D eigenvalue weighted by molar-refractivity contribution is 0.410. The van der Waals surface area contributed by atoms with Crippen LogP contribution in [0.15, 0.2) is 42.5 Å². The van der Waals surface area contributed by atoms with E-state index in [0.29, 0.717) is 6.54 Å². The van der Waals surface area contributed by atoms with Gasteiger partial charge in [0, 0.05) is 10.6 Å². The van der Waals surface area contributed by atoms with E-state index >= 15 is 0 Å². The van der Waals surface area contributed by atoms with Crippen molar-refractivity contribution in [1.82, 2.24) is 0 Å². The molecule has 0 saturated carbocycles. The monoisotopic (exact) mass is 261 g/mol. The van der Waals surface area contributed by atoms with E-state index in [1.165, 1.54) is 0 Å². The maximum atomic E-state index is 6.21. The van der Waals surface area contributed by atoms with Crippen molar-refractivity contribution in [3.05, 3.63) is 53.1 Å². The molecule has 0 radical (unpaired) electrons. The number of hydrogen-bond donors (Lipinski definition) is 1. The molecule has 2 N–H and O–H groups in total. The molecule has 0 aliphatic carbocycles. The Labute approximate surface area is 112 Å². The molecular formula is C15H16ClNO. The lowest BCUT2D eigenvalue weighted by Gasteiger charge is -2.11. The summed E-state index contributed by atoms with van der Waals surface area (Å²) in [5.74, 6) is 0.872. The molecule has 94 valence electrons. The van der Waals surface area contributed by atoms with Gasteiger partial charge in [0.05, 0.1) is 7.11 Å². The van der Waals surface area contributed by atoms with Gasteiger partial charge in [0.15, 0.2) is 0 Å². The van der Waals surface area contributed by atoms with E-state index < -0.39 is 0 Å². The maximum Gasteiger partial charge on any atom is 0.122 e. The van der Waals surface area contributed by atoms with Crippen molar-refractivity contribution >= 4 is 11.6 Å². The second-order valence-electron chi connectivity index (χ2n) is 4.05. The molecule has 0 heterocycles. The predicted molar refractivity (Wildman–Crippen MR) is 76.2 cm³/mol. The van der Waals surface area contributed by atoms with Crippen molar-refractivity contribution in [2.24, 2.45) is 5.73 Å². The summed E-state index contributed by atoms with van der Waals surface area (Å²) < 4.78 is 5.33. The highest BCUT2D eigenvalue weighted by atomic mass is 35.5. The van der Waals surface area contributed by atoms with Crippen LogP contribution in [0.1, 0.15) is 5.56 Å². The second-order valence-corrected chi connectivity index (χ2v) is 4.45. The summed E-state index contributed by atoms with van der Waals surface area (Å²) in [6.07, 6.45) is 0.793. The van der Waals surface area contributed by atoms with Crippen LogP contribution in [0.3, 0.4) is 0 Å². The molecule has 0 aliphatic heterocycles. The third-order valence-corrected chi connectivity index (χ3v) is 3.21. The molecule has 0 saturated heterocycles. The van der Waals surface area contributed by atoms with Crippen molar-refractivity contribution < 1.29 is 4.74 Å². The first kappa shape index (κ1) is 12.9. The van der Waals surface area contributed by atoms with Gasteiger partial charge in [-0.05, 0) is 42.3 Å². The van der Waals surface area contributed by atoms with Crippen LogP contribution in [0.25, 0.3) is 11.1 Å². The van der Waals surface area contributed by atoms with Crippen LogP contribution >= 0.6 is 11.6 Å². The maximum absolute atomic E-state index is 6.21. The van der Waals surface area contributed by atoms with Gasteiger partial charge in [-0.3, -0.25) is 0 Å². The molecule has 0 aromatic heterocycles. The quantitative estimate of drug-likeness (QED) is 0.914. The van der Waals surface area contributed by atoms with Crippen LogP contribution in [-0.2, 0) is 6.42 Å². The van der Waals surface area contributed by atoms with Crippen LogP contribution in [0.2, 0.25) is 5.02 Å². The van der Waals surface area contributed by atoms with E-state index in [9.17, 15) is 0 Å². The Morgan fingerprint density at radius 1 is 1.17 bits per heavy atom. The summed E-state index contributed by atoms with van der Waals surface area (Å²) in [7, 11) is 1.67. The highest BCUT2D eigenvalue weighted by Gasteiger charge is 2.07. The molecule has 0 bridgehead atoms. The summed E-state index contributed by atoms with van der Waals surface area (Å²) in [5.41, 5.74) is 8.85. The Morgan fingerprint density at radius 3 is 2.61 bits per heavy atom. The van der Waals surface area contributed by atoms with Crippen molar-refractivity contribution in [1.29, 1.82) is 0 Å². The molecule has 2 aromatic carbocycles. The van der Waals surface area contributed by atoms with Crippen LogP contribution in [0.4, 0.5) is 0 Å². The Bertz CT molecular complexity index is 540. The highest BCUT2D eigenvalue weighted by molar-refractivity contribution is 6.33. The summed E-state index contributed by atoms with van der Waals surface area (Å²) in [5, 5.41) is 0.751. The van der Waals surface area contributed by atoms with Crippen molar-refractivity contribution in [3.63, 3.8) is 0 Å². The standard InChI is InChI=1S/C15H16ClNO/c1-18-15-7-6-11(10-12(15)8-9-17)13-4-2-3-5-14(13)16/h2-7,10H,8-9,17H2,1H3.